The predicted octanol–water partition coefficient (Wildman–Crippen LogP) is 3.96. The van der Waals surface area contributed by atoms with E-state index in [9.17, 15) is 22.4 Å². The van der Waals surface area contributed by atoms with E-state index in [-0.39, 0.29) is 24.2 Å². The van der Waals surface area contributed by atoms with Crippen molar-refractivity contribution < 1.29 is 22.4 Å². The van der Waals surface area contributed by atoms with Gasteiger partial charge in [0.1, 0.15) is 18.4 Å². The zero-order valence-corrected chi connectivity index (χ0v) is 22.9. The number of amides is 2. The smallest absolute Gasteiger partial charge is 0.304 e. The van der Waals surface area contributed by atoms with E-state index >= 15 is 0 Å². The minimum absolute atomic E-state index is 0.0109. The number of anilines is 1. The summed E-state index contributed by atoms with van der Waals surface area (Å²) in [5.41, 5.74) is 0.749. The van der Waals surface area contributed by atoms with Crippen LogP contribution in [-0.2, 0) is 26.3 Å². The summed E-state index contributed by atoms with van der Waals surface area (Å²) in [7, 11) is -1.42. The highest BCUT2D eigenvalue weighted by Crippen LogP contribution is 2.23. The van der Waals surface area contributed by atoms with Crippen molar-refractivity contribution in [2.24, 2.45) is 0 Å². The van der Waals surface area contributed by atoms with E-state index < -0.39 is 34.5 Å². The molecule has 0 saturated heterocycles. The Bertz CT molecular complexity index is 1190. The second-order valence-corrected chi connectivity index (χ2v) is 11.9. The fourth-order valence-corrected chi connectivity index (χ4v) is 5.54. The third kappa shape index (κ3) is 7.43. The van der Waals surface area contributed by atoms with Crippen molar-refractivity contribution in [2.45, 2.75) is 57.7 Å². The Morgan fingerprint density at radius 2 is 1.68 bits per heavy atom. The molecule has 1 aliphatic rings. The number of nitrogens with one attached hydrogen (secondary N) is 1. The van der Waals surface area contributed by atoms with Gasteiger partial charge in [-0.3, -0.25) is 9.59 Å². The second kappa shape index (κ2) is 12.7. The quantitative estimate of drug-likeness (QED) is 0.483. The fraction of sp³-hybridized carbons (Fsp3) is 0.462. The van der Waals surface area contributed by atoms with Gasteiger partial charge in [-0.05, 0) is 55.7 Å². The topological polar surface area (TPSA) is 90.0 Å². The molecule has 1 saturated carbocycles. The van der Waals surface area contributed by atoms with Crippen molar-refractivity contribution in [3.63, 3.8) is 0 Å². The van der Waals surface area contributed by atoms with Crippen molar-refractivity contribution >= 4 is 39.3 Å². The summed E-state index contributed by atoms with van der Waals surface area (Å²) in [5, 5.41) is 3.47. The molecular weight excluding hydrogens is 519 g/mol. The van der Waals surface area contributed by atoms with Crippen LogP contribution in [0.5, 0.6) is 0 Å². The maximum absolute atomic E-state index is 13.7. The van der Waals surface area contributed by atoms with E-state index in [4.69, 9.17) is 11.6 Å². The van der Waals surface area contributed by atoms with Gasteiger partial charge < -0.3 is 10.2 Å². The van der Waals surface area contributed by atoms with E-state index in [0.717, 1.165) is 52.8 Å². The van der Waals surface area contributed by atoms with Crippen molar-refractivity contribution in [3.05, 3.63) is 64.9 Å². The van der Waals surface area contributed by atoms with Gasteiger partial charge in [0.05, 0.1) is 5.69 Å². The number of carbonyl (C=O) groups excluding carboxylic acids is 2. The van der Waals surface area contributed by atoms with Crippen molar-refractivity contribution in [1.29, 1.82) is 0 Å². The monoisotopic (exact) mass is 552 g/mol. The summed E-state index contributed by atoms with van der Waals surface area (Å²) in [6, 6.07) is 11.0. The Morgan fingerprint density at radius 3 is 2.27 bits per heavy atom. The van der Waals surface area contributed by atoms with Crippen molar-refractivity contribution in [3.8, 4) is 0 Å². The first-order valence-electron chi connectivity index (χ1n) is 12.3. The zero-order valence-electron chi connectivity index (χ0n) is 21.4. The van der Waals surface area contributed by atoms with Gasteiger partial charge in [0.15, 0.2) is 0 Å². The molecule has 2 amide bonds. The zero-order chi connectivity index (χ0) is 27.2. The maximum Gasteiger partial charge on any atom is 0.304 e. The van der Waals surface area contributed by atoms with Crippen LogP contribution in [0.25, 0.3) is 0 Å². The molecule has 0 spiro atoms. The molecule has 3 rings (SSSR count). The van der Waals surface area contributed by atoms with Crippen LogP contribution in [0.2, 0.25) is 5.02 Å². The first-order valence-corrected chi connectivity index (χ1v) is 14.1. The van der Waals surface area contributed by atoms with Gasteiger partial charge in [0.2, 0.25) is 11.8 Å². The Hall–Kier alpha value is -2.69. The van der Waals surface area contributed by atoms with Gasteiger partial charge in [-0.15, -0.1) is 0 Å². The van der Waals surface area contributed by atoms with Crippen LogP contribution in [0.1, 0.15) is 44.6 Å². The molecule has 0 unspecified atom stereocenters. The standard InChI is InChI=1S/C26H34ClFN4O4S/c1-19(26(34)29-22-10-5-4-6-11-22)31(17-20-9-7-8-12-24(20)27)25(33)18-32(37(35,36)30(2)3)23-15-13-21(28)14-16-23/h7-9,12-16,19,22H,4-6,10-11,17-18H2,1-3H3,(H,29,34)/t19-/m0/s1. The van der Waals surface area contributed by atoms with Gasteiger partial charge in [-0.1, -0.05) is 49.1 Å². The third-order valence-corrected chi connectivity index (χ3v) is 8.74. The maximum atomic E-state index is 13.7. The number of hydrogen-bond donors (Lipinski definition) is 1. The molecule has 1 aliphatic carbocycles. The lowest BCUT2D eigenvalue weighted by molar-refractivity contribution is -0.139. The second-order valence-electron chi connectivity index (χ2n) is 9.41. The normalized spacial score (nSPS) is 15.3. The molecule has 1 N–H and O–H groups in total. The third-order valence-electron chi connectivity index (χ3n) is 6.55. The van der Waals surface area contributed by atoms with Gasteiger partial charge in [-0.25, -0.2) is 8.70 Å². The molecular formula is C26H34ClFN4O4S. The van der Waals surface area contributed by atoms with E-state index in [1.165, 1.54) is 31.1 Å². The van der Waals surface area contributed by atoms with Crippen LogP contribution < -0.4 is 9.62 Å². The SMILES string of the molecule is C[C@@H](C(=O)NC1CCCCC1)N(Cc1ccccc1Cl)C(=O)CN(c1ccc(F)cc1)S(=O)(=O)N(C)C. The molecule has 2 aromatic carbocycles. The molecule has 0 radical (unpaired) electrons. The van der Waals surface area contributed by atoms with Gasteiger partial charge >= 0.3 is 10.2 Å². The molecule has 8 nitrogen and oxygen atoms in total. The molecule has 37 heavy (non-hydrogen) atoms. The number of rotatable bonds is 10. The molecule has 11 heteroatoms. The fourth-order valence-electron chi connectivity index (χ4n) is 4.29. The number of halogens is 2. The average Bonchev–Trinajstić information content (AvgIpc) is 2.87. The number of carbonyl (C=O) groups is 2. The average molecular weight is 553 g/mol. The van der Waals surface area contributed by atoms with Gasteiger partial charge in [-0.2, -0.15) is 12.7 Å². The molecule has 0 aromatic heterocycles. The summed E-state index contributed by atoms with van der Waals surface area (Å²) in [5.74, 6) is -1.44. The van der Waals surface area contributed by atoms with E-state index in [2.05, 4.69) is 5.32 Å². The first-order chi connectivity index (χ1) is 17.5. The highest BCUT2D eigenvalue weighted by Gasteiger charge is 2.33. The van der Waals surface area contributed by atoms with Crippen LogP contribution in [0.15, 0.2) is 48.5 Å². The van der Waals surface area contributed by atoms with E-state index in [1.54, 1.807) is 31.2 Å². The molecule has 0 aliphatic heterocycles. The summed E-state index contributed by atoms with van der Waals surface area (Å²) < 4.78 is 41.7. The summed E-state index contributed by atoms with van der Waals surface area (Å²) >= 11 is 6.36. The summed E-state index contributed by atoms with van der Waals surface area (Å²) in [6.07, 6.45) is 4.98. The first kappa shape index (κ1) is 28.9. The lowest BCUT2D eigenvalue weighted by Crippen LogP contribution is -2.53. The lowest BCUT2D eigenvalue weighted by Gasteiger charge is -2.34. The highest BCUT2D eigenvalue weighted by molar-refractivity contribution is 7.90. The van der Waals surface area contributed by atoms with Crippen LogP contribution in [0.4, 0.5) is 10.1 Å². The Labute approximate surface area is 223 Å². The van der Waals surface area contributed by atoms with Gasteiger partial charge in [0.25, 0.3) is 0 Å². The lowest BCUT2D eigenvalue weighted by atomic mass is 9.95. The Kier molecular flexibility index (Phi) is 9.92. The van der Waals surface area contributed by atoms with Crippen LogP contribution in [0, 0.1) is 5.82 Å². The molecule has 0 bridgehead atoms. The number of nitrogens with zero attached hydrogens (tertiary/aromatic N) is 3. The van der Waals surface area contributed by atoms with E-state index in [0.29, 0.717) is 10.6 Å². The minimum Gasteiger partial charge on any atom is -0.352 e. The molecule has 1 fully saturated rings. The van der Waals surface area contributed by atoms with E-state index in [1.807, 2.05) is 0 Å². The molecule has 1 atom stereocenters. The Balaban J connectivity index is 1.92. The predicted molar refractivity (Wildman–Crippen MR) is 143 cm³/mol. The minimum atomic E-state index is -4.11. The summed E-state index contributed by atoms with van der Waals surface area (Å²) in [6.45, 7) is 1.05. The molecule has 0 heterocycles. The molecule has 2 aromatic rings. The number of hydrogen-bond acceptors (Lipinski definition) is 4. The highest BCUT2D eigenvalue weighted by atomic mass is 35.5. The van der Waals surface area contributed by atoms with Crippen LogP contribution >= 0.6 is 11.6 Å². The summed E-state index contributed by atoms with van der Waals surface area (Å²) in [4.78, 5) is 28.3. The largest absolute Gasteiger partial charge is 0.352 e. The van der Waals surface area contributed by atoms with Crippen LogP contribution in [-0.4, -0.2) is 62.2 Å². The van der Waals surface area contributed by atoms with Crippen molar-refractivity contribution in [1.82, 2.24) is 14.5 Å². The van der Waals surface area contributed by atoms with Crippen molar-refractivity contribution in [2.75, 3.05) is 24.9 Å². The number of benzene rings is 2. The van der Waals surface area contributed by atoms with Crippen LogP contribution in [0.3, 0.4) is 0 Å². The van der Waals surface area contributed by atoms with Gasteiger partial charge in [0, 0.05) is 31.7 Å². The Morgan fingerprint density at radius 1 is 1.05 bits per heavy atom. The molecule has 202 valence electrons.